The molecule has 3 rings (SSSR count). The van der Waals surface area contributed by atoms with E-state index in [1.165, 1.54) is 5.56 Å². The highest BCUT2D eigenvalue weighted by Crippen LogP contribution is 2.37. The highest BCUT2D eigenvalue weighted by Gasteiger charge is 2.45. The molecule has 0 bridgehead atoms. The molecule has 1 aromatic carbocycles. The molecule has 4 N–H and O–H groups in total. The van der Waals surface area contributed by atoms with Gasteiger partial charge >= 0.3 is 6.09 Å². The molecule has 2 fully saturated rings. The molecular formula is C19H32F2N2O4. The van der Waals surface area contributed by atoms with Crippen molar-refractivity contribution in [3.05, 3.63) is 29.8 Å². The monoisotopic (exact) mass is 390 g/mol. The summed E-state index contributed by atoms with van der Waals surface area (Å²) in [4.78, 5) is 9.86. The number of benzene rings is 1. The number of nitrogens with one attached hydrogen (secondary N) is 2. The van der Waals surface area contributed by atoms with Crippen molar-refractivity contribution >= 4 is 6.09 Å². The summed E-state index contributed by atoms with van der Waals surface area (Å²) in [6.07, 6.45) is -1.09. The van der Waals surface area contributed by atoms with Gasteiger partial charge in [0.2, 0.25) is 0 Å². The van der Waals surface area contributed by atoms with E-state index in [1.807, 2.05) is 43.4 Å². The summed E-state index contributed by atoms with van der Waals surface area (Å²) in [5.74, 6) is -1.73. The first-order valence-electron chi connectivity index (χ1n) is 9.08. The first-order valence-corrected chi connectivity index (χ1v) is 9.08. The number of aliphatic hydroxyl groups is 1. The van der Waals surface area contributed by atoms with Gasteiger partial charge in [-0.15, -0.1) is 0 Å². The lowest BCUT2D eigenvalue weighted by Crippen LogP contribution is -2.50. The Hall–Kier alpha value is -1.93. The van der Waals surface area contributed by atoms with Crippen LogP contribution in [0, 0.1) is 6.92 Å². The summed E-state index contributed by atoms with van der Waals surface area (Å²) in [5, 5.41) is 21.7. The number of hydrogen-bond donors (Lipinski definition) is 4. The SMILES string of the molecule is CC.COc1ccc(C)cc1.O=C(O)NC1CC(F)(F)C1.OC1CCNC1. The quantitative estimate of drug-likeness (QED) is 0.621. The normalized spacial score (nSPS) is 19.6. The maximum atomic E-state index is 12.0. The minimum absolute atomic E-state index is 0.0648. The van der Waals surface area contributed by atoms with Crippen LogP contribution < -0.4 is 15.4 Å². The lowest BCUT2D eigenvalue weighted by Gasteiger charge is -2.34. The van der Waals surface area contributed by atoms with Crippen LogP contribution >= 0.6 is 0 Å². The van der Waals surface area contributed by atoms with Crippen LogP contribution in [0.2, 0.25) is 0 Å². The van der Waals surface area contributed by atoms with Crippen LogP contribution in [0.1, 0.15) is 38.7 Å². The van der Waals surface area contributed by atoms with Crippen LogP contribution in [0.4, 0.5) is 13.6 Å². The number of aliphatic hydroxyl groups excluding tert-OH is 1. The van der Waals surface area contributed by atoms with Crippen molar-refractivity contribution < 1.29 is 28.5 Å². The molecule has 1 amide bonds. The van der Waals surface area contributed by atoms with Crippen LogP contribution in [0.5, 0.6) is 5.75 Å². The summed E-state index contributed by atoms with van der Waals surface area (Å²) in [7, 11) is 1.67. The average Bonchev–Trinajstić information content (AvgIpc) is 3.07. The number of β-amino-alcohol motifs (C(OH)–C–C–N with tert-alkyl or cyclic N) is 1. The molecule has 1 aliphatic heterocycles. The van der Waals surface area contributed by atoms with Crippen LogP contribution in [-0.4, -0.2) is 54.6 Å². The van der Waals surface area contributed by atoms with Crippen molar-refractivity contribution in [1.82, 2.24) is 10.6 Å². The summed E-state index contributed by atoms with van der Waals surface area (Å²) < 4.78 is 29.0. The minimum atomic E-state index is -2.65. The Balaban J connectivity index is 0.000000368. The van der Waals surface area contributed by atoms with Gasteiger partial charge in [0.1, 0.15) is 5.75 Å². The van der Waals surface area contributed by atoms with E-state index in [0.717, 1.165) is 25.3 Å². The summed E-state index contributed by atoms with van der Waals surface area (Å²) in [5.41, 5.74) is 1.26. The van der Waals surface area contributed by atoms with Crippen molar-refractivity contribution in [2.75, 3.05) is 20.2 Å². The first-order chi connectivity index (χ1) is 12.7. The fraction of sp³-hybridized carbons (Fsp3) is 0.632. The average molecular weight is 390 g/mol. The molecule has 27 heavy (non-hydrogen) atoms. The lowest BCUT2D eigenvalue weighted by atomic mass is 9.88. The van der Waals surface area contributed by atoms with Crippen LogP contribution in [0.15, 0.2) is 24.3 Å². The summed E-state index contributed by atoms with van der Waals surface area (Å²) >= 11 is 0. The topological polar surface area (TPSA) is 90.8 Å². The second-order valence-electron chi connectivity index (χ2n) is 6.07. The standard InChI is InChI=1S/C8H10O.C5H7F2NO2.C4H9NO.C2H6/c1-7-3-5-8(9-2)6-4-7;6-5(7)1-3(2-5)8-4(9)10;6-4-1-2-5-3-4;1-2/h3-6H,1-2H3;3,8H,1-2H2,(H,9,10);4-6H,1-3H2;1-2H3. The summed E-state index contributed by atoms with van der Waals surface area (Å²) in [6, 6.07) is 7.41. The van der Waals surface area contributed by atoms with E-state index >= 15 is 0 Å². The van der Waals surface area contributed by atoms with E-state index in [0.29, 0.717) is 0 Å². The Morgan fingerprint density at radius 2 is 1.81 bits per heavy atom. The van der Waals surface area contributed by atoms with E-state index < -0.39 is 18.1 Å². The zero-order chi connectivity index (χ0) is 20.9. The highest BCUT2D eigenvalue weighted by molar-refractivity contribution is 5.65. The molecule has 156 valence electrons. The molecular weight excluding hydrogens is 358 g/mol. The number of carbonyl (C=O) groups is 1. The van der Waals surface area contributed by atoms with Gasteiger partial charge in [0.25, 0.3) is 5.92 Å². The Morgan fingerprint density at radius 1 is 1.26 bits per heavy atom. The third-order valence-corrected chi connectivity index (χ3v) is 3.71. The van der Waals surface area contributed by atoms with E-state index in [2.05, 4.69) is 12.2 Å². The van der Waals surface area contributed by atoms with Gasteiger partial charge in [-0.25, -0.2) is 13.6 Å². The van der Waals surface area contributed by atoms with E-state index in [4.69, 9.17) is 14.9 Å². The van der Waals surface area contributed by atoms with Crippen molar-refractivity contribution in [3.8, 4) is 5.75 Å². The predicted octanol–water partition coefficient (Wildman–Crippen LogP) is 3.42. The van der Waals surface area contributed by atoms with Crippen LogP contribution in [0.25, 0.3) is 0 Å². The molecule has 1 unspecified atom stereocenters. The third-order valence-electron chi connectivity index (χ3n) is 3.71. The van der Waals surface area contributed by atoms with Gasteiger partial charge in [-0.1, -0.05) is 31.5 Å². The van der Waals surface area contributed by atoms with E-state index in [9.17, 15) is 13.6 Å². The molecule has 1 aromatic rings. The highest BCUT2D eigenvalue weighted by atomic mass is 19.3. The maximum absolute atomic E-state index is 12.0. The minimum Gasteiger partial charge on any atom is -0.497 e. The fourth-order valence-electron chi connectivity index (χ4n) is 2.25. The van der Waals surface area contributed by atoms with Gasteiger partial charge in [-0.2, -0.15) is 0 Å². The Labute approximate surface area is 159 Å². The van der Waals surface area contributed by atoms with Gasteiger partial charge in [-0.05, 0) is 32.0 Å². The van der Waals surface area contributed by atoms with E-state index in [1.54, 1.807) is 7.11 Å². The zero-order valence-electron chi connectivity index (χ0n) is 16.5. The molecule has 1 atom stereocenters. The first kappa shape index (κ1) is 25.1. The molecule has 1 saturated carbocycles. The van der Waals surface area contributed by atoms with Gasteiger partial charge in [0, 0.05) is 25.4 Å². The number of methoxy groups -OCH3 is 1. The van der Waals surface area contributed by atoms with Crippen molar-refractivity contribution in [1.29, 1.82) is 0 Å². The molecule has 1 aliphatic carbocycles. The predicted molar refractivity (Wildman–Crippen MR) is 102 cm³/mol. The van der Waals surface area contributed by atoms with Gasteiger partial charge < -0.3 is 25.6 Å². The molecule has 1 heterocycles. The Bertz CT molecular complexity index is 513. The van der Waals surface area contributed by atoms with Crippen molar-refractivity contribution in [2.45, 2.75) is 58.1 Å². The summed E-state index contributed by atoms with van der Waals surface area (Å²) in [6.45, 7) is 7.83. The lowest BCUT2D eigenvalue weighted by molar-refractivity contribution is -0.0905. The molecule has 6 nitrogen and oxygen atoms in total. The second-order valence-corrected chi connectivity index (χ2v) is 6.07. The van der Waals surface area contributed by atoms with Gasteiger partial charge in [0.05, 0.1) is 13.2 Å². The third kappa shape index (κ3) is 12.1. The number of amides is 1. The Kier molecular flexibility index (Phi) is 12.3. The van der Waals surface area contributed by atoms with Crippen LogP contribution in [0.3, 0.4) is 0 Å². The van der Waals surface area contributed by atoms with Crippen LogP contribution in [-0.2, 0) is 0 Å². The smallest absolute Gasteiger partial charge is 0.404 e. The zero-order valence-corrected chi connectivity index (χ0v) is 16.5. The molecule has 1 saturated heterocycles. The number of aryl methyl sites for hydroxylation is 1. The number of hydrogen-bond acceptors (Lipinski definition) is 4. The molecule has 8 heteroatoms. The van der Waals surface area contributed by atoms with Crippen molar-refractivity contribution in [3.63, 3.8) is 0 Å². The largest absolute Gasteiger partial charge is 0.497 e. The van der Waals surface area contributed by atoms with Crippen molar-refractivity contribution in [2.24, 2.45) is 0 Å². The number of ether oxygens (including phenoxy) is 1. The number of alkyl halides is 2. The number of halogens is 2. The molecule has 0 radical (unpaired) electrons. The molecule has 0 spiro atoms. The fourth-order valence-corrected chi connectivity index (χ4v) is 2.25. The Morgan fingerprint density at radius 3 is 2.11 bits per heavy atom. The number of rotatable bonds is 2. The maximum Gasteiger partial charge on any atom is 0.404 e. The van der Waals surface area contributed by atoms with Gasteiger partial charge in [0.15, 0.2) is 0 Å². The molecule has 0 aromatic heterocycles. The molecule has 2 aliphatic rings. The van der Waals surface area contributed by atoms with E-state index in [-0.39, 0.29) is 18.9 Å². The van der Waals surface area contributed by atoms with Gasteiger partial charge in [-0.3, -0.25) is 0 Å². The second kappa shape index (κ2) is 13.3. The number of carboxylic acid groups (broad SMARTS) is 1.